The number of hydrogen-bond donors (Lipinski definition) is 1. The molecular formula is C19H28N2O3. The molecule has 0 bridgehead atoms. The van der Waals surface area contributed by atoms with Crippen molar-refractivity contribution in [2.75, 3.05) is 13.7 Å². The molecule has 0 aromatic heterocycles. The topological polar surface area (TPSA) is 58.6 Å². The first-order valence-electron chi connectivity index (χ1n) is 8.58. The van der Waals surface area contributed by atoms with Crippen molar-refractivity contribution < 1.29 is 14.3 Å². The molecule has 5 nitrogen and oxygen atoms in total. The summed E-state index contributed by atoms with van der Waals surface area (Å²) in [6, 6.07) is 7.61. The van der Waals surface area contributed by atoms with E-state index in [0.29, 0.717) is 31.8 Å². The average Bonchev–Trinajstić information content (AvgIpc) is 2.85. The number of amides is 2. The molecule has 1 heterocycles. The lowest BCUT2D eigenvalue weighted by molar-refractivity contribution is -0.141. The van der Waals surface area contributed by atoms with Gasteiger partial charge in [0.05, 0.1) is 7.11 Å². The van der Waals surface area contributed by atoms with Crippen molar-refractivity contribution in [3.8, 4) is 5.75 Å². The second-order valence-corrected chi connectivity index (χ2v) is 7.04. The molecule has 24 heavy (non-hydrogen) atoms. The molecule has 1 aromatic rings. The van der Waals surface area contributed by atoms with Gasteiger partial charge in [0, 0.05) is 19.5 Å². The summed E-state index contributed by atoms with van der Waals surface area (Å²) in [6.45, 7) is 7.21. The number of benzene rings is 1. The molecule has 1 N–H and O–H groups in total. The highest BCUT2D eigenvalue weighted by molar-refractivity contribution is 5.94. The van der Waals surface area contributed by atoms with Gasteiger partial charge in [0.2, 0.25) is 11.8 Å². The number of likely N-dealkylation sites (tertiary alicyclic amines) is 1. The zero-order chi connectivity index (χ0) is 17.7. The van der Waals surface area contributed by atoms with Crippen LogP contribution >= 0.6 is 0 Å². The lowest BCUT2D eigenvalue weighted by atomic mass is 9.96. The molecule has 1 fully saturated rings. The van der Waals surface area contributed by atoms with Crippen LogP contribution in [0.1, 0.15) is 45.6 Å². The van der Waals surface area contributed by atoms with Crippen LogP contribution in [0.5, 0.6) is 5.75 Å². The summed E-state index contributed by atoms with van der Waals surface area (Å²) in [5, 5.41) is 3.00. The van der Waals surface area contributed by atoms with Gasteiger partial charge in [0.1, 0.15) is 11.3 Å². The monoisotopic (exact) mass is 332 g/mol. The maximum atomic E-state index is 12.7. The number of nitrogens with one attached hydrogen (secondary N) is 1. The van der Waals surface area contributed by atoms with E-state index in [1.54, 1.807) is 12.0 Å². The van der Waals surface area contributed by atoms with E-state index >= 15 is 0 Å². The normalized spacial score (nSPS) is 20.5. The van der Waals surface area contributed by atoms with Gasteiger partial charge in [0.15, 0.2) is 0 Å². The van der Waals surface area contributed by atoms with Crippen molar-refractivity contribution in [3.05, 3.63) is 29.8 Å². The molecular weight excluding hydrogens is 304 g/mol. The number of nitrogens with zero attached hydrogens (tertiary/aromatic N) is 1. The Morgan fingerprint density at radius 3 is 2.58 bits per heavy atom. The highest BCUT2D eigenvalue weighted by Crippen LogP contribution is 2.32. The van der Waals surface area contributed by atoms with Crippen molar-refractivity contribution in [1.82, 2.24) is 10.2 Å². The van der Waals surface area contributed by atoms with Gasteiger partial charge in [0.25, 0.3) is 0 Å². The molecule has 0 saturated carbocycles. The largest absolute Gasteiger partial charge is 0.497 e. The van der Waals surface area contributed by atoms with E-state index in [9.17, 15) is 9.59 Å². The maximum absolute atomic E-state index is 12.7. The molecule has 5 heteroatoms. The molecule has 1 aromatic carbocycles. The molecule has 2 rings (SSSR count). The quantitative estimate of drug-likeness (QED) is 0.835. The van der Waals surface area contributed by atoms with Crippen LogP contribution in [0.25, 0.3) is 0 Å². The van der Waals surface area contributed by atoms with Crippen LogP contribution in [0.2, 0.25) is 0 Å². The van der Waals surface area contributed by atoms with E-state index in [1.807, 2.05) is 31.2 Å². The van der Waals surface area contributed by atoms with Gasteiger partial charge >= 0.3 is 0 Å². The van der Waals surface area contributed by atoms with Crippen LogP contribution in [-0.4, -0.2) is 35.9 Å². The molecule has 132 valence electrons. The fraction of sp³-hybridized carbons (Fsp3) is 0.579. The van der Waals surface area contributed by atoms with Gasteiger partial charge in [-0.3, -0.25) is 9.59 Å². The minimum Gasteiger partial charge on any atom is -0.497 e. The van der Waals surface area contributed by atoms with Crippen LogP contribution in [-0.2, 0) is 16.1 Å². The van der Waals surface area contributed by atoms with E-state index in [1.165, 1.54) is 0 Å². The first kappa shape index (κ1) is 18.3. The Labute approximate surface area is 144 Å². The van der Waals surface area contributed by atoms with Crippen LogP contribution in [0, 0.1) is 5.92 Å². The van der Waals surface area contributed by atoms with Crippen LogP contribution < -0.4 is 10.1 Å². The third-order valence-corrected chi connectivity index (χ3v) is 4.72. The van der Waals surface area contributed by atoms with Gasteiger partial charge in [-0.15, -0.1) is 0 Å². The smallest absolute Gasteiger partial charge is 0.245 e. The molecule has 0 spiro atoms. The maximum Gasteiger partial charge on any atom is 0.245 e. The van der Waals surface area contributed by atoms with Crippen LogP contribution in [0.3, 0.4) is 0 Å². The second kappa shape index (κ2) is 7.69. The van der Waals surface area contributed by atoms with Gasteiger partial charge in [-0.25, -0.2) is 0 Å². The predicted octanol–water partition coefficient (Wildman–Crippen LogP) is 2.74. The van der Waals surface area contributed by atoms with Crippen molar-refractivity contribution in [2.45, 2.75) is 52.1 Å². The van der Waals surface area contributed by atoms with E-state index in [0.717, 1.165) is 17.7 Å². The molecule has 0 unspecified atom stereocenters. The third-order valence-electron chi connectivity index (χ3n) is 4.72. The lowest BCUT2D eigenvalue weighted by Gasteiger charge is -2.34. The summed E-state index contributed by atoms with van der Waals surface area (Å²) in [5.41, 5.74) is 0.223. The summed E-state index contributed by atoms with van der Waals surface area (Å²) >= 11 is 0. The molecule has 1 aliphatic heterocycles. The SMILES string of the molecule is COc1ccc(CN2C(=O)CC[C@]2(C)C(=O)NCCC(C)C)cc1. The molecule has 1 saturated heterocycles. The Hall–Kier alpha value is -2.04. The Bertz CT molecular complexity index is 583. The van der Waals surface area contributed by atoms with Crippen molar-refractivity contribution in [1.29, 1.82) is 0 Å². The minimum atomic E-state index is -0.770. The molecule has 2 amide bonds. The van der Waals surface area contributed by atoms with Crippen molar-refractivity contribution >= 4 is 11.8 Å². The third kappa shape index (κ3) is 4.08. The summed E-state index contributed by atoms with van der Waals surface area (Å²) in [5.74, 6) is 1.30. The molecule has 0 radical (unpaired) electrons. The standard InChI is InChI=1S/C19H28N2O3/c1-14(2)10-12-20-18(23)19(3)11-9-17(22)21(19)13-15-5-7-16(24-4)8-6-15/h5-8,14H,9-13H2,1-4H3,(H,20,23)/t19-/m1/s1. The van der Waals surface area contributed by atoms with E-state index in [4.69, 9.17) is 4.74 Å². The number of hydrogen-bond acceptors (Lipinski definition) is 3. The summed E-state index contributed by atoms with van der Waals surface area (Å²) in [6.07, 6.45) is 1.92. The fourth-order valence-electron chi connectivity index (χ4n) is 2.97. The van der Waals surface area contributed by atoms with Crippen LogP contribution in [0.15, 0.2) is 24.3 Å². The summed E-state index contributed by atoms with van der Waals surface area (Å²) in [4.78, 5) is 26.7. The minimum absolute atomic E-state index is 0.0346. The predicted molar refractivity (Wildman–Crippen MR) is 93.6 cm³/mol. The number of rotatable bonds is 7. The number of ether oxygens (including phenoxy) is 1. The first-order valence-corrected chi connectivity index (χ1v) is 8.58. The number of carbonyl (C=O) groups excluding carboxylic acids is 2. The van der Waals surface area contributed by atoms with E-state index in [-0.39, 0.29) is 11.8 Å². The summed E-state index contributed by atoms with van der Waals surface area (Å²) in [7, 11) is 1.62. The lowest BCUT2D eigenvalue weighted by Crippen LogP contribution is -2.54. The zero-order valence-corrected chi connectivity index (χ0v) is 15.1. The molecule has 1 atom stereocenters. The highest BCUT2D eigenvalue weighted by atomic mass is 16.5. The van der Waals surface area contributed by atoms with Gasteiger partial charge in [-0.05, 0) is 43.4 Å². The van der Waals surface area contributed by atoms with Gasteiger partial charge in [-0.2, -0.15) is 0 Å². The van der Waals surface area contributed by atoms with Gasteiger partial charge < -0.3 is 15.0 Å². The number of methoxy groups -OCH3 is 1. The van der Waals surface area contributed by atoms with E-state index < -0.39 is 5.54 Å². The van der Waals surface area contributed by atoms with Crippen molar-refractivity contribution in [2.24, 2.45) is 5.92 Å². The average molecular weight is 332 g/mol. The summed E-state index contributed by atoms with van der Waals surface area (Å²) < 4.78 is 5.16. The Kier molecular flexibility index (Phi) is 5.86. The molecule has 0 aliphatic carbocycles. The molecule has 1 aliphatic rings. The van der Waals surface area contributed by atoms with Crippen LogP contribution in [0.4, 0.5) is 0 Å². The highest BCUT2D eigenvalue weighted by Gasteiger charge is 2.46. The Balaban J connectivity index is 2.07. The Morgan fingerprint density at radius 1 is 1.33 bits per heavy atom. The van der Waals surface area contributed by atoms with Gasteiger partial charge in [-0.1, -0.05) is 26.0 Å². The van der Waals surface area contributed by atoms with E-state index in [2.05, 4.69) is 19.2 Å². The second-order valence-electron chi connectivity index (χ2n) is 7.04. The Morgan fingerprint density at radius 2 is 2.00 bits per heavy atom. The number of carbonyl (C=O) groups is 2. The fourth-order valence-corrected chi connectivity index (χ4v) is 2.97. The first-order chi connectivity index (χ1) is 11.4. The zero-order valence-electron chi connectivity index (χ0n) is 15.1. The van der Waals surface area contributed by atoms with Crippen molar-refractivity contribution in [3.63, 3.8) is 0 Å².